The van der Waals surface area contributed by atoms with Crippen LogP contribution in [0.15, 0.2) is 54.6 Å². The molecule has 1 fully saturated rings. The number of halogens is 1. The highest BCUT2D eigenvalue weighted by Crippen LogP contribution is 2.27. The molecule has 0 radical (unpaired) electrons. The van der Waals surface area contributed by atoms with Crippen molar-refractivity contribution < 1.29 is 18.8 Å². The number of benzene rings is 2. The van der Waals surface area contributed by atoms with Crippen molar-refractivity contribution in [3.05, 3.63) is 65.7 Å². The van der Waals surface area contributed by atoms with Crippen LogP contribution >= 0.6 is 16.1 Å². The number of hydrogen-bond acceptors (Lipinski definition) is 4. The van der Waals surface area contributed by atoms with Crippen LogP contribution in [0.4, 0.5) is 10.5 Å². The number of methoxy groups -OCH3 is 1. The molecule has 2 aromatic rings. The fourth-order valence-electron chi connectivity index (χ4n) is 4.61. The van der Waals surface area contributed by atoms with Crippen molar-refractivity contribution in [1.29, 1.82) is 5.26 Å². The number of nitrogens with zero attached hydrogens (tertiary/aromatic N) is 3. The number of piperidine rings is 1. The van der Waals surface area contributed by atoms with Crippen LogP contribution in [0.5, 0.6) is 0 Å². The van der Waals surface area contributed by atoms with E-state index in [0.29, 0.717) is 34.7 Å². The van der Waals surface area contributed by atoms with E-state index in [-0.39, 0.29) is 12.0 Å². The van der Waals surface area contributed by atoms with Crippen molar-refractivity contribution in [2.75, 3.05) is 43.8 Å². The number of carbonyl (C=O) groups excluding carboxylic acids is 2. The van der Waals surface area contributed by atoms with Gasteiger partial charge in [-0.15, -0.1) is 0 Å². The topological polar surface area (TPSA) is 82.4 Å². The molecule has 34 heavy (non-hydrogen) atoms. The Hall–Kier alpha value is -2.89. The molecule has 0 aliphatic carbocycles. The number of anilines is 1. The third kappa shape index (κ3) is 7.31. The average molecular weight is 528 g/mol. The molecule has 0 spiro atoms. The lowest BCUT2D eigenvalue weighted by atomic mass is 9.88. The Morgan fingerprint density at radius 3 is 2.59 bits per heavy atom. The van der Waals surface area contributed by atoms with Gasteiger partial charge < -0.3 is 14.5 Å². The lowest BCUT2D eigenvalue weighted by molar-refractivity contribution is -0.927. The van der Waals surface area contributed by atoms with Gasteiger partial charge in [0, 0.05) is 13.0 Å². The summed E-state index contributed by atoms with van der Waals surface area (Å²) in [5.74, 6) is 0.437. The summed E-state index contributed by atoms with van der Waals surface area (Å²) in [4.78, 5) is 24.7. The first kappa shape index (κ1) is 25.7. The van der Waals surface area contributed by atoms with Gasteiger partial charge in [-0.25, -0.2) is 13.5 Å². The van der Waals surface area contributed by atoms with E-state index in [1.165, 1.54) is 16.6 Å². The monoisotopic (exact) mass is 527 g/mol. The standard InChI is InChI=1S/C26H31BrN4O3/c1-34-25(32)20-31(15-11-22(12-16-31)17-21-7-3-2-4-8-21)14-6-13-29-26(33)30(27)24-10-5-9-23(18-24)19-28/h2-5,7-10,18,22H,6,11-17,20H2,1H3/p+1. The third-order valence-corrected chi connectivity index (χ3v) is 7.28. The molecule has 8 heteroatoms. The molecule has 1 aliphatic heterocycles. The lowest BCUT2D eigenvalue weighted by Gasteiger charge is -2.43. The zero-order chi connectivity index (χ0) is 24.4. The molecule has 1 heterocycles. The summed E-state index contributed by atoms with van der Waals surface area (Å²) in [5.41, 5.74) is 2.44. The van der Waals surface area contributed by atoms with Gasteiger partial charge in [0.15, 0.2) is 6.54 Å². The largest absolute Gasteiger partial charge is 0.465 e. The fourth-order valence-corrected chi connectivity index (χ4v) is 4.96. The number of quaternary nitrogens is 1. The van der Waals surface area contributed by atoms with E-state index < -0.39 is 0 Å². The Bertz CT molecular complexity index is 1000. The maximum atomic E-state index is 12.5. The normalized spacial score (nSPS) is 19.6. The van der Waals surface area contributed by atoms with Gasteiger partial charge in [0.1, 0.15) is 0 Å². The number of hydrogen-bond donors (Lipinski definition) is 1. The number of likely N-dealkylation sites (tertiary alicyclic amines) is 1. The Morgan fingerprint density at radius 1 is 1.18 bits per heavy atom. The molecule has 2 amide bonds. The second-order valence-electron chi connectivity index (χ2n) is 8.91. The lowest BCUT2D eigenvalue weighted by Crippen LogP contribution is -2.56. The zero-order valence-corrected chi connectivity index (χ0v) is 21.2. The Kier molecular flexibility index (Phi) is 9.49. The molecule has 0 unspecified atom stereocenters. The molecule has 2 aromatic carbocycles. The van der Waals surface area contributed by atoms with Crippen LogP contribution in [0.2, 0.25) is 0 Å². The smallest absolute Gasteiger partial charge is 0.361 e. The van der Waals surface area contributed by atoms with Crippen LogP contribution in [0, 0.1) is 17.2 Å². The molecular weight excluding hydrogens is 496 g/mol. The molecule has 1 N–H and O–H groups in total. The summed E-state index contributed by atoms with van der Waals surface area (Å²) in [5, 5.41) is 12.0. The van der Waals surface area contributed by atoms with Crippen LogP contribution in [-0.2, 0) is 16.0 Å². The van der Waals surface area contributed by atoms with Crippen molar-refractivity contribution in [1.82, 2.24) is 5.32 Å². The van der Waals surface area contributed by atoms with Crippen molar-refractivity contribution in [3.63, 3.8) is 0 Å². The minimum absolute atomic E-state index is 0.186. The predicted molar refractivity (Wildman–Crippen MR) is 135 cm³/mol. The molecule has 1 aliphatic rings. The summed E-state index contributed by atoms with van der Waals surface area (Å²) < 4.78 is 7.01. The summed E-state index contributed by atoms with van der Waals surface area (Å²) in [6.45, 7) is 3.54. The van der Waals surface area contributed by atoms with Gasteiger partial charge in [0.25, 0.3) is 0 Å². The number of nitriles is 1. The van der Waals surface area contributed by atoms with Crippen LogP contribution in [0.3, 0.4) is 0 Å². The molecule has 0 saturated carbocycles. The summed E-state index contributed by atoms with van der Waals surface area (Å²) >= 11 is 3.28. The highest BCUT2D eigenvalue weighted by molar-refractivity contribution is 9.10. The number of nitrogens with one attached hydrogen (secondary N) is 1. The van der Waals surface area contributed by atoms with Crippen LogP contribution in [0.25, 0.3) is 0 Å². The van der Waals surface area contributed by atoms with Crippen LogP contribution in [0.1, 0.15) is 30.4 Å². The zero-order valence-electron chi connectivity index (χ0n) is 19.6. The second-order valence-corrected chi connectivity index (χ2v) is 9.62. The molecule has 1 saturated heterocycles. The van der Waals surface area contributed by atoms with Gasteiger partial charge in [0.05, 0.1) is 60.2 Å². The van der Waals surface area contributed by atoms with Gasteiger partial charge in [-0.1, -0.05) is 36.4 Å². The SMILES string of the molecule is COC(=O)C[N+]1(CCCNC(=O)N(Br)c2cccc(C#N)c2)CCC(Cc2ccccc2)CC1. The molecule has 0 atom stereocenters. The summed E-state index contributed by atoms with van der Waals surface area (Å²) in [6.07, 6.45) is 3.97. The molecule has 0 bridgehead atoms. The maximum absolute atomic E-state index is 12.5. The first-order valence-electron chi connectivity index (χ1n) is 11.6. The molecular formula is C26H32BrN4O3+. The van der Waals surface area contributed by atoms with Crippen molar-refractivity contribution >= 4 is 33.8 Å². The van der Waals surface area contributed by atoms with Crippen LogP contribution in [-0.4, -0.2) is 56.3 Å². The minimum Gasteiger partial charge on any atom is -0.465 e. The Morgan fingerprint density at radius 2 is 1.91 bits per heavy atom. The van der Waals surface area contributed by atoms with E-state index in [9.17, 15) is 9.59 Å². The minimum atomic E-state index is -0.295. The van der Waals surface area contributed by atoms with E-state index in [1.807, 2.05) is 6.07 Å². The number of rotatable bonds is 9. The van der Waals surface area contributed by atoms with Crippen molar-refractivity contribution in [2.24, 2.45) is 5.92 Å². The summed E-state index contributed by atoms with van der Waals surface area (Å²) in [6, 6.07) is 19.2. The van der Waals surface area contributed by atoms with E-state index in [2.05, 4.69) is 51.8 Å². The highest BCUT2D eigenvalue weighted by atomic mass is 79.9. The quantitative estimate of drug-likeness (QED) is 0.226. The first-order valence-corrected chi connectivity index (χ1v) is 12.4. The molecule has 7 nitrogen and oxygen atoms in total. The third-order valence-electron chi connectivity index (χ3n) is 6.55. The number of carbonyl (C=O) groups is 2. The molecule has 3 rings (SSSR count). The number of ether oxygens (including phenoxy) is 1. The van der Waals surface area contributed by atoms with E-state index in [0.717, 1.165) is 45.3 Å². The average Bonchev–Trinajstić information content (AvgIpc) is 2.88. The first-order chi connectivity index (χ1) is 16.4. The Balaban J connectivity index is 1.50. The molecule has 0 aromatic heterocycles. The van der Waals surface area contributed by atoms with E-state index in [1.54, 1.807) is 24.3 Å². The summed E-state index contributed by atoms with van der Waals surface area (Å²) in [7, 11) is 1.44. The van der Waals surface area contributed by atoms with Gasteiger partial charge in [0.2, 0.25) is 0 Å². The Labute approximate surface area is 210 Å². The van der Waals surface area contributed by atoms with Gasteiger partial charge in [-0.3, -0.25) is 0 Å². The van der Waals surface area contributed by atoms with E-state index >= 15 is 0 Å². The number of amides is 2. The van der Waals surface area contributed by atoms with Gasteiger partial charge >= 0.3 is 12.0 Å². The van der Waals surface area contributed by atoms with Crippen LogP contribution < -0.4 is 9.24 Å². The second kappa shape index (κ2) is 12.5. The highest BCUT2D eigenvalue weighted by Gasteiger charge is 2.36. The molecule has 180 valence electrons. The number of urea groups is 1. The number of esters is 1. The van der Waals surface area contributed by atoms with E-state index in [4.69, 9.17) is 10.00 Å². The van der Waals surface area contributed by atoms with Crippen molar-refractivity contribution in [2.45, 2.75) is 25.7 Å². The fraction of sp³-hybridized carbons (Fsp3) is 0.423. The van der Waals surface area contributed by atoms with Gasteiger partial charge in [-0.05, 0) is 48.9 Å². The predicted octanol–water partition coefficient (Wildman–Crippen LogP) is 4.42. The van der Waals surface area contributed by atoms with Gasteiger partial charge in [-0.2, -0.15) is 5.26 Å². The van der Waals surface area contributed by atoms with Crippen molar-refractivity contribution in [3.8, 4) is 6.07 Å². The maximum Gasteiger partial charge on any atom is 0.361 e.